The van der Waals surface area contributed by atoms with Crippen molar-refractivity contribution in [3.05, 3.63) is 102 Å². The maximum Gasteiger partial charge on any atom is 0.123 e. The molecular formula is C24H24N2OS. The smallest absolute Gasteiger partial charge is 0.123 e. The van der Waals surface area contributed by atoms with E-state index in [1.54, 1.807) is 7.11 Å². The normalized spacial score (nSPS) is 13.5. The molecule has 4 heteroatoms. The summed E-state index contributed by atoms with van der Waals surface area (Å²) >= 11 is 4.56. The van der Waals surface area contributed by atoms with Crippen molar-refractivity contribution in [2.75, 3.05) is 12.9 Å². The molecule has 0 aliphatic rings. The lowest BCUT2D eigenvalue weighted by Crippen LogP contribution is -2.08. The maximum absolute atomic E-state index is 5.83. The van der Waals surface area contributed by atoms with Crippen LogP contribution in [-0.4, -0.2) is 22.8 Å². The summed E-state index contributed by atoms with van der Waals surface area (Å²) in [6.07, 6.45) is 2.62. The molecule has 4 aromatic rings. The predicted molar refractivity (Wildman–Crippen MR) is 118 cm³/mol. The van der Waals surface area contributed by atoms with E-state index in [2.05, 4.69) is 89.3 Å². The van der Waals surface area contributed by atoms with Crippen molar-refractivity contribution in [2.24, 2.45) is 0 Å². The zero-order chi connectivity index (χ0) is 19.3. The third-order valence-electron chi connectivity index (χ3n) is 5.14. The second-order valence-corrected chi connectivity index (χ2v) is 7.38. The molecular weight excluding hydrogens is 364 g/mol. The number of methoxy groups -OCH3 is 1. The largest absolute Gasteiger partial charge is 0.370 e. The minimum Gasteiger partial charge on any atom is -0.370 e. The highest BCUT2D eigenvalue weighted by Crippen LogP contribution is 2.29. The van der Waals surface area contributed by atoms with Gasteiger partial charge in [0.25, 0.3) is 0 Å². The van der Waals surface area contributed by atoms with Gasteiger partial charge in [-0.3, -0.25) is 0 Å². The zero-order valence-electron chi connectivity index (χ0n) is 15.9. The molecule has 0 saturated heterocycles. The Bertz CT molecular complexity index is 1040. The lowest BCUT2D eigenvalue weighted by Gasteiger charge is -2.16. The zero-order valence-corrected chi connectivity index (χ0v) is 16.8. The van der Waals surface area contributed by atoms with Gasteiger partial charge in [0.2, 0.25) is 0 Å². The number of aromatic nitrogens is 2. The average molecular weight is 389 g/mol. The number of benzene rings is 3. The van der Waals surface area contributed by atoms with Gasteiger partial charge in [-0.05, 0) is 34.4 Å². The number of thiol groups is 1. The Hall–Kier alpha value is -2.56. The van der Waals surface area contributed by atoms with Crippen molar-refractivity contribution in [3.63, 3.8) is 0 Å². The molecule has 1 heterocycles. The van der Waals surface area contributed by atoms with Crippen molar-refractivity contribution in [1.29, 1.82) is 0 Å². The number of aromatic amines is 1. The highest BCUT2D eigenvalue weighted by Gasteiger charge is 2.20. The molecule has 3 nitrogen and oxygen atoms in total. The summed E-state index contributed by atoms with van der Waals surface area (Å²) in [6, 6.07) is 25.3. The molecule has 0 aliphatic carbocycles. The summed E-state index contributed by atoms with van der Waals surface area (Å²) in [6.45, 7) is 0. The summed E-state index contributed by atoms with van der Waals surface area (Å²) in [5.41, 5.74) is 3.37. The van der Waals surface area contributed by atoms with Gasteiger partial charge >= 0.3 is 0 Å². The number of hydrogen-bond acceptors (Lipinski definition) is 3. The SMILES string of the molecule is CO[C@H](c1ccc2ccccc2c1)c1cnc([C@@H](CS)Cc2ccccc2)[nH]1. The van der Waals surface area contributed by atoms with Crippen LogP contribution in [-0.2, 0) is 11.2 Å². The number of fused-ring (bicyclic) bond motifs is 1. The van der Waals surface area contributed by atoms with Crippen LogP contribution in [0.4, 0.5) is 0 Å². The van der Waals surface area contributed by atoms with Gasteiger partial charge in [0.15, 0.2) is 0 Å². The second kappa shape index (κ2) is 8.63. The van der Waals surface area contributed by atoms with Crippen LogP contribution in [0.3, 0.4) is 0 Å². The van der Waals surface area contributed by atoms with Gasteiger partial charge in [0.05, 0.1) is 11.9 Å². The summed E-state index contributed by atoms with van der Waals surface area (Å²) in [5.74, 6) is 1.92. The molecule has 4 rings (SSSR count). The summed E-state index contributed by atoms with van der Waals surface area (Å²) in [4.78, 5) is 8.15. The number of nitrogens with one attached hydrogen (secondary N) is 1. The molecule has 1 aromatic heterocycles. The molecule has 0 bridgehead atoms. The fourth-order valence-electron chi connectivity index (χ4n) is 3.65. The van der Waals surface area contributed by atoms with Crippen molar-refractivity contribution in [2.45, 2.75) is 18.4 Å². The Kier molecular flexibility index (Phi) is 5.79. The van der Waals surface area contributed by atoms with Gasteiger partial charge < -0.3 is 9.72 Å². The van der Waals surface area contributed by atoms with Crippen LogP contribution < -0.4 is 0 Å². The Labute approximate surface area is 171 Å². The first-order chi connectivity index (χ1) is 13.8. The van der Waals surface area contributed by atoms with Crippen molar-refractivity contribution < 1.29 is 4.74 Å². The van der Waals surface area contributed by atoms with E-state index in [9.17, 15) is 0 Å². The minimum atomic E-state index is -0.178. The first-order valence-corrected chi connectivity index (χ1v) is 10.1. The first kappa shape index (κ1) is 18.8. The van der Waals surface area contributed by atoms with Gasteiger partial charge in [0, 0.05) is 18.8 Å². The van der Waals surface area contributed by atoms with E-state index in [1.165, 1.54) is 16.3 Å². The number of ether oxygens (including phenoxy) is 1. The molecule has 2 atom stereocenters. The van der Waals surface area contributed by atoms with Crippen LogP contribution in [0, 0.1) is 0 Å². The van der Waals surface area contributed by atoms with E-state index in [1.807, 2.05) is 12.3 Å². The summed E-state index contributed by atoms with van der Waals surface area (Å²) < 4.78 is 5.83. The van der Waals surface area contributed by atoms with E-state index in [0.29, 0.717) is 0 Å². The predicted octanol–water partition coefficient (Wildman–Crippen LogP) is 5.55. The Balaban J connectivity index is 1.60. The number of rotatable bonds is 7. The van der Waals surface area contributed by atoms with E-state index in [-0.39, 0.29) is 12.0 Å². The lowest BCUT2D eigenvalue weighted by atomic mass is 10.0. The fourth-order valence-corrected chi connectivity index (χ4v) is 3.95. The molecule has 0 saturated carbocycles. The van der Waals surface area contributed by atoms with Crippen molar-refractivity contribution in [3.8, 4) is 0 Å². The molecule has 1 N–H and O–H groups in total. The molecule has 0 spiro atoms. The minimum absolute atomic E-state index is 0.178. The van der Waals surface area contributed by atoms with Crippen LogP contribution in [0.15, 0.2) is 79.0 Å². The van der Waals surface area contributed by atoms with E-state index >= 15 is 0 Å². The van der Waals surface area contributed by atoms with Gasteiger partial charge in [0.1, 0.15) is 11.9 Å². The highest BCUT2D eigenvalue weighted by atomic mass is 32.1. The lowest BCUT2D eigenvalue weighted by molar-refractivity contribution is 0.133. The molecule has 142 valence electrons. The standard InChI is InChI=1S/C24H24N2OS/c1-27-23(20-12-11-18-9-5-6-10-19(18)14-20)22-15-25-24(26-22)21(16-28)13-17-7-3-2-4-8-17/h2-12,14-15,21,23,28H,13,16H2,1H3,(H,25,26)/t21-,23-/m1/s1. The average Bonchev–Trinajstić information content (AvgIpc) is 3.23. The number of hydrogen-bond donors (Lipinski definition) is 2. The van der Waals surface area contributed by atoms with Crippen LogP contribution >= 0.6 is 12.6 Å². The molecule has 3 aromatic carbocycles. The second-order valence-electron chi connectivity index (χ2n) is 7.02. The fraction of sp³-hybridized carbons (Fsp3) is 0.208. The quantitative estimate of drug-likeness (QED) is 0.407. The third-order valence-corrected chi connectivity index (χ3v) is 5.58. The highest BCUT2D eigenvalue weighted by molar-refractivity contribution is 7.80. The molecule has 0 aliphatic heterocycles. The van der Waals surface area contributed by atoms with Gasteiger partial charge in [-0.25, -0.2) is 4.98 Å². The van der Waals surface area contributed by atoms with Crippen LogP contribution in [0.25, 0.3) is 10.8 Å². The van der Waals surface area contributed by atoms with Gasteiger partial charge in [-0.15, -0.1) is 0 Å². The molecule has 0 amide bonds. The third kappa shape index (κ3) is 3.98. The molecule has 0 radical (unpaired) electrons. The van der Waals surface area contributed by atoms with E-state index in [0.717, 1.165) is 29.3 Å². The van der Waals surface area contributed by atoms with Crippen LogP contribution in [0.5, 0.6) is 0 Å². The summed E-state index contributed by atoms with van der Waals surface area (Å²) in [7, 11) is 1.74. The number of H-pyrrole nitrogens is 1. The maximum atomic E-state index is 5.83. The van der Waals surface area contributed by atoms with Crippen LogP contribution in [0.2, 0.25) is 0 Å². The monoisotopic (exact) mass is 388 g/mol. The van der Waals surface area contributed by atoms with Crippen molar-refractivity contribution >= 4 is 23.4 Å². The Morgan fingerprint density at radius 3 is 2.46 bits per heavy atom. The number of imidazole rings is 1. The first-order valence-electron chi connectivity index (χ1n) is 9.49. The molecule has 0 fully saturated rings. The topological polar surface area (TPSA) is 37.9 Å². The summed E-state index contributed by atoms with van der Waals surface area (Å²) in [5, 5.41) is 2.43. The van der Waals surface area contributed by atoms with E-state index < -0.39 is 0 Å². The molecule has 0 unspecified atom stereocenters. The van der Waals surface area contributed by atoms with Gasteiger partial charge in [-0.1, -0.05) is 66.7 Å². The molecule has 28 heavy (non-hydrogen) atoms. The number of nitrogens with zero attached hydrogens (tertiary/aromatic N) is 1. The Morgan fingerprint density at radius 2 is 1.71 bits per heavy atom. The van der Waals surface area contributed by atoms with Crippen LogP contribution in [0.1, 0.15) is 34.7 Å². The van der Waals surface area contributed by atoms with Gasteiger partial charge in [-0.2, -0.15) is 12.6 Å². The Morgan fingerprint density at radius 1 is 0.964 bits per heavy atom. The van der Waals surface area contributed by atoms with E-state index in [4.69, 9.17) is 4.74 Å². The van der Waals surface area contributed by atoms with Crippen molar-refractivity contribution in [1.82, 2.24) is 9.97 Å².